The van der Waals surface area contributed by atoms with Crippen molar-refractivity contribution in [2.45, 2.75) is 13.0 Å². The van der Waals surface area contributed by atoms with Crippen LogP contribution in [0.25, 0.3) is 0 Å². The standard InChI is InChI=1S/C13H20N2O3/c1-10(8-17-3)15-11-5-4-6-12(7-11)18-9-13(16)14-2/h4-7,10,15H,8-9H2,1-3H3,(H,14,16). The number of methoxy groups -OCH3 is 1. The minimum atomic E-state index is -0.152. The minimum absolute atomic E-state index is 0.0214. The van der Waals surface area contributed by atoms with E-state index in [-0.39, 0.29) is 18.6 Å². The van der Waals surface area contributed by atoms with Crippen LogP contribution in [0.3, 0.4) is 0 Å². The zero-order chi connectivity index (χ0) is 13.4. The molecule has 5 heteroatoms. The van der Waals surface area contributed by atoms with E-state index in [1.165, 1.54) is 0 Å². The Morgan fingerprint density at radius 3 is 2.89 bits per heavy atom. The van der Waals surface area contributed by atoms with Gasteiger partial charge in [0.05, 0.1) is 6.61 Å². The molecule has 0 saturated heterocycles. The summed E-state index contributed by atoms with van der Waals surface area (Å²) in [5.41, 5.74) is 0.939. The summed E-state index contributed by atoms with van der Waals surface area (Å²) in [6.07, 6.45) is 0. The van der Waals surface area contributed by atoms with Crippen molar-refractivity contribution in [2.75, 3.05) is 32.7 Å². The highest BCUT2D eigenvalue weighted by Crippen LogP contribution is 2.17. The van der Waals surface area contributed by atoms with Crippen LogP contribution in [0.15, 0.2) is 24.3 Å². The van der Waals surface area contributed by atoms with Crippen LogP contribution in [0.4, 0.5) is 5.69 Å². The van der Waals surface area contributed by atoms with Crippen LogP contribution in [0.1, 0.15) is 6.92 Å². The summed E-state index contributed by atoms with van der Waals surface area (Å²) in [4.78, 5) is 11.1. The van der Waals surface area contributed by atoms with Gasteiger partial charge in [0.15, 0.2) is 6.61 Å². The monoisotopic (exact) mass is 252 g/mol. The lowest BCUT2D eigenvalue weighted by molar-refractivity contribution is -0.122. The highest BCUT2D eigenvalue weighted by molar-refractivity contribution is 5.77. The molecular formula is C13H20N2O3. The first kappa shape index (κ1) is 14.3. The number of benzene rings is 1. The molecule has 0 spiro atoms. The van der Waals surface area contributed by atoms with Crippen LogP contribution in [0.5, 0.6) is 5.75 Å². The molecule has 1 amide bonds. The van der Waals surface area contributed by atoms with Crippen molar-refractivity contribution >= 4 is 11.6 Å². The van der Waals surface area contributed by atoms with Crippen LogP contribution in [0.2, 0.25) is 0 Å². The summed E-state index contributed by atoms with van der Waals surface area (Å²) in [5.74, 6) is 0.509. The highest BCUT2D eigenvalue weighted by atomic mass is 16.5. The number of rotatable bonds is 7. The number of amides is 1. The topological polar surface area (TPSA) is 59.6 Å². The van der Waals surface area contributed by atoms with E-state index in [0.29, 0.717) is 12.4 Å². The van der Waals surface area contributed by atoms with E-state index in [0.717, 1.165) is 5.69 Å². The Bertz CT molecular complexity index is 382. The summed E-state index contributed by atoms with van der Waals surface area (Å²) >= 11 is 0. The number of hydrogen-bond acceptors (Lipinski definition) is 4. The SMILES string of the molecule is CNC(=O)COc1cccc(NC(C)COC)c1. The third-order valence-electron chi connectivity index (χ3n) is 2.31. The predicted octanol–water partition coefficient (Wildman–Crippen LogP) is 1.26. The maximum absolute atomic E-state index is 11.1. The van der Waals surface area contributed by atoms with Crippen molar-refractivity contribution < 1.29 is 14.3 Å². The van der Waals surface area contributed by atoms with Crippen molar-refractivity contribution in [3.05, 3.63) is 24.3 Å². The quantitative estimate of drug-likeness (QED) is 0.767. The number of anilines is 1. The first-order valence-corrected chi connectivity index (χ1v) is 5.84. The van der Waals surface area contributed by atoms with Crippen LogP contribution >= 0.6 is 0 Å². The molecule has 1 aromatic carbocycles. The summed E-state index contributed by atoms with van der Waals surface area (Å²) in [6, 6.07) is 7.70. The molecule has 0 radical (unpaired) electrons. The molecule has 0 saturated carbocycles. The molecule has 18 heavy (non-hydrogen) atoms. The van der Waals surface area contributed by atoms with Crippen LogP contribution in [0, 0.1) is 0 Å². The van der Waals surface area contributed by atoms with Crippen LogP contribution in [-0.2, 0) is 9.53 Å². The van der Waals surface area contributed by atoms with Gasteiger partial charge in [0, 0.05) is 32.0 Å². The number of carbonyl (C=O) groups excluding carboxylic acids is 1. The van der Waals surface area contributed by atoms with E-state index in [9.17, 15) is 4.79 Å². The van der Waals surface area contributed by atoms with Gasteiger partial charge in [0.1, 0.15) is 5.75 Å². The maximum atomic E-state index is 11.1. The predicted molar refractivity (Wildman–Crippen MR) is 71.0 cm³/mol. The van der Waals surface area contributed by atoms with Crippen molar-refractivity contribution in [3.8, 4) is 5.75 Å². The molecule has 5 nitrogen and oxygen atoms in total. The zero-order valence-electron chi connectivity index (χ0n) is 11.0. The number of carbonyl (C=O) groups is 1. The van der Waals surface area contributed by atoms with Gasteiger partial charge in [-0.3, -0.25) is 4.79 Å². The second-order valence-corrected chi connectivity index (χ2v) is 3.99. The van der Waals surface area contributed by atoms with Gasteiger partial charge in [-0.25, -0.2) is 0 Å². The molecular weight excluding hydrogens is 232 g/mol. The maximum Gasteiger partial charge on any atom is 0.257 e. The van der Waals surface area contributed by atoms with Crippen molar-refractivity contribution in [2.24, 2.45) is 0 Å². The van der Waals surface area contributed by atoms with Gasteiger partial charge in [0.25, 0.3) is 5.91 Å². The average Bonchev–Trinajstić information content (AvgIpc) is 2.36. The van der Waals surface area contributed by atoms with E-state index in [2.05, 4.69) is 10.6 Å². The van der Waals surface area contributed by atoms with Crippen LogP contribution < -0.4 is 15.4 Å². The Hall–Kier alpha value is -1.75. The van der Waals surface area contributed by atoms with E-state index < -0.39 is 0 Å². The molecule has 1 aromatic rings. The van der Waals surface area contributed by atoms with Crippen LogP contribution in [-0.4, -0.2) is 39.3 Å². The first-order valence-electron chi connectivity index (χ1n) is 5.84. The van der Waals surface area contributed by atoms with Gasteiger partial charge in [-0.2, -0.15) is 0 Å². The lowest BCUT2D eigenvalue weighted by Gasteiger charge is -2.15. The van der Waals surface area contributed by atoms with E-state index in [1.807, 2.05) is 31.2 Å². The van der Waals surface area contributed by atoms with E-state index >= 15 is 0 Å². The average molecular weight is 252 g/mol. The second-order valence-electron chi connectivity index (χ2n) is 3.99. The molecule has 0 bridgehead atoms. The fraction of sp³-hybridized carbons (Fsp3) is 0.462. The second kappa shape index (κ2) is 7.55. The zero-order valence-corrected chi connectivity index (χ0v) is 11.0. The lowest BCUT2D eigenvalue weighted by atomic mass is 10.2. The Labute approximate surface area is 107 Å². The fourth-order valence-corrected chi connectivity index (χ4v) is 1.47. The van der Waals surface area contributed by atoms with Gasteiger partial charge in [-0.1, -0.05) is 6.07 Å². The van der Waals surface area contributed by atoms with E-state index in [1.54, 1.807) is 14.2 Å². The normalized spacial score (nSPS) is 11.7. The smallest absolute Gasteiger partial charge is 0.257 e. The largest absolute Gasteiger partial charge is 0.484 e. The molecule has 0 aliphatic carbocycles. The summed E-state index contributed by atoms with van der Waals surface area (Å²) in [5, 5.41) is 5.78. The molecule has 0 aliphatic heterocycles. The fourth-order valence-electron chi connectivity index (χ4n) is 1.47. The van der Waals surface area contributed by atoms with Gasteiger partial charge in [-0.05, 0) is 19.1 Å². The Morgan fingerprint density at radius 1 is 1.44 bits per heavy atom. The van der Waals surface area contributed by atoms with Gasteiger partial charge < -0.3 is 20.1 Å². The number of ether oxygens (including phenoxy) is 2. The Balaban J connectivity index is 2.53. The molecule has 100 valence electrons. The minimum Gasteiger partial charge on any atom is -0.484 e. The summed E-state index contributed by atoms with van der Waals surface area (Å²) < 4.78 is 10.4. The van der Waals surface area contributed by atoms with Crippen molar-refractivity contribution in [3.63, 3.8) is 0 Å². The van der Waals surface area contributed by atoms with Crippen molar-refractivity contribution in [1.82, 2.24) is 5.32 Å². The molecule has 0 heterocycles. The van der Waals surface area contributed by atoms with Gasteiger partial charge >= 0.3 is 0 Å². The Morgan fingerprint density at radius 2 is 2.22 bits per heavy atom. The van der Waals surface area contributed by atoms with Gasteiger partial charge in [-0.15, -0.1) is 0 Å². The number of nitrogens with one attached hydrogen (secondary N) is 2. The van der Waals surface area contributed by atoms with Crippen molar-refractivity contribution in [1.29, 1.82) is 0 Å². The highest BCUT2D eigenvalue weighted by Gasteiger charge is 2.03. The molecule has 2 N–H and O–H groups in total. The Kier molecular flexibility index (Phi) is 6.00. The molecule has 0 aromatic heterocycles. The molecule has 1 unspecified atom stereocenters. The van der Waals surface area contributed by atoms with E-state index in [4.69, 9.17) is 9.47 Å². The molecule has 1 atom stereocenters. The lowest BCUT2D eigenvalue weighted by Crippen LogP contribution is -2.25. The molecule has 0 aliphatic rings. The first-order chi connectivity index (χ1) is 8.65. The summed E-state index contributed by atoms with van der Waals surface area (Å²) in [6.45, 7) is 2.68. The molecule has 1 rings (SSSR count). The number of likely N-dealkylation sites (N-methyl/N-ethyl adjacent to an activating group) is 1. The summed E-state index contributed by atoms with van der Waals surface area (Å²) in [7, 11) is 3.25. The van der Waals surface area contributed by atoms with Gasteiger partial charge in [0.2, 0.25) is 0 Å². The number of hydrogen-bond donors (Lipinski definition) is 2. The third kappa shape index (κ3) is 5.05. The molecule has 0 fully saturated rings. The third-order valence-corrected chi connectivity index (χ3v) is 2.31.